The molecule has 4 rings (SSSR count). The van der Waals surface area contributed by atoms with Crippen LogP contribution < -0.4 is 14.4 Å². The summed E-state index contributed by atoms with van der Waals surface area (Å²) in [6.45, 7) is 4.45. The summed E-state index contributed by atoms with van der Waals surface area (Å²) in [5, 5.41) is 11.3. The highest BCUT2D eigenvalue weighted by Gasteiger charge is 2.25. The van der Waals surface area contributed by atoms with Crippen molar-refractivity contribution in [2.24, 2.45) is 5.92 Å². The molecule has 0 aliphatic carbocycles. The summed E-state index contributed by atoms with van der Waals surface area (Å²) in [5.41, 5.74) is 1.94. The molecular weight excluding hydrogens is 386 g/mol. The van der Waals surface area contributed by atoms with Gasteiger partial charge in [-0.15, -0.1) is 0 Å². The molecule has 158 valence electrons. The molecule has 0 saturated carbocycles. The lowest BCUT2D eigenvalue weighted by Gasteiger charge is -2.33. The van der Waals surface area contributed by atoms with Gasteiger partial charge in [0.2, 0.25) is 6.79 Å². The number of rotatable bonds is 5. The summed E-state index contributed by atoms with van der Waals surface area (Å²) < 4.78 is 10.7. The number of hydrogen-bond donors (Lipinski definition) is 0. The van der Waals surface area contributed by atoms with E-state index < -0.39 is 4.92 Å². The van der Waals surface area contributed by atoms with Crippen molar-refractivity contribution in [3.05, 3.63) is 57.6 Å². The van der Waals surface area contributed by atoms with Gasteiger partial charge in [-0.25, -0.2) is 0 Å². The van der Waals surface area contributed by atoms with E-state index in [-0.39, 0.29) is 18.4 Å². The molecule has 2 aromatic carbocycles. The van der Waals surface area contributed by atoms with Crippen molar-refractivity contribution in [2.45, 2.75) is 26.3 Å². The summed E-state index contributed by atoms with van der Waals surface area (Å²) >= 11 is 0. The SMILES string of the molecule is CC1CCN(c2ccc([N+](=O)[O-])cc2C(=O)N(C)Cc2ccc3c(c2)OCO3)CC1. The predicted molar refractivity (Wildman–Crippen MR) is 112 cm³/mol. The number of hydrogen-bond acceptors (Lipinski definition) is 6. The maximum absolute atomic E-state index is 13.3. The first kappa shape index (κ1) is 20.0. The van der Waals surface area contributed by atoms with E-state index in [9.17, 15) is 14.9 Å². The minimum Gasteiger partial charge on any atom is -0.454 e. The van der Waals surface area contributed by atoms with E-state index in [0.717, 1.165) is 37.2 Å². The molecule has 30 heavy (non-hydrogen) atoms. The summed E-state index contributed by atoms with van der Waals surface area (Å²) in [6.07, 6.45) is 2.08. The van der Waals surface area contributed by atoms with Gasteiger partial charge >= 0.3 is 0 Å². The molecule has 0 unspecified atom stereocenters. The zero-order valence-corrected chi connectivity index (χ0v) is 17.2. The first-order valence-electron chi connectivity index (χ1n) is 10.1. The second kappa shape index (κ2) is 8.22. The fraction of sp³-hybridized carbons (Fsp3) is 0.409. The van der Waals surface area contributed by atoms with Crippen LogP contribution in [0.4, 0.5) is 11.4 Å². The molecule has 0 radical (unpaired) electrons. The fourth-order valence-corrected chi connectivity index (χ4v) is 3.92. The average Bonchev–Trinajstić information content (AvgIpc) is 3.21. The topological polar surface area (TPSA) is 85.2 Å². The van der Waals surface area contributed by atoms with Crippen molar-refractivity contribution in [1.82, 2.24) is 4.90 Å². The normalized spacial score (nSPS) is 15.9. The molecule has 1 saturated heterocycles. The van der Waals surface area contributed by atoms with Crippen LogP contribution in [0.1, 0.15) is 35.7 Å². The number of non-ortho nitro benzene ring substituents is 1. The van der Waals surface area contributed by atoms with Gasteiger partial charge in [-0.3, -0.25) is 14.9 Å². The molecule has 2 aliphatic heterocycles. The lowest BCUT2D eigenvalue weighted by molar-refractivity contribution is -0.384. The van der Waals surface area contributed by atoms with E-state index in [4.69, 9.17) is 9.47 Å². The monoisotopic (exact) mass is 411 g/mol. The lowest BCUT2D eigenvalue weighted by atomic mass is 9.97. The van der Waals surface area contributed by atoms with Gasteiger partial charge in [0.05, 0.1) is 16.2 Å². The molecule has 0 N–H and O–H groups in total. The minimum atomic E-state index is -0.462. The third kappa shape index (κ3) is 4.03. The minimum absolute atomic E-state index is 0.0797. The average molecular weight is 411 g/mol. The van der Waals surface area contributed by atoms with Crippen LogP contribution in [-0.4, -0.2) is 42.7 Å². The molecule has 0 bridgehead atoms. The summed E-state index contributed by atoms with van der Waals surface area (Å²) in [4.78, 5) is 27.9. The Balaban J connectivity index is 1.59. The van der Waals surface area contributed by atoms with Crippen molar-refractivity contribution in [3.63, 3.8) is 0 Å². The van der Waals surface area contributed by atoms with E-state index >= 15 is 0 Å². The molecule has 8 heteroatoms. The number of nitro benzene ring substituents is 1. The van der Waals surface area contributed by atoms with Gasteiger partial charge in [-0.2, -0.15) is 0 Å². The van der Waals surface area contributed by atoms with E-state index in [1.807, 2.05) is 18.2 Å². The zero-order chi connectivity index (χ0) is 21.3. The molecule has 2 aromatic rings. The van der Waals surface area contributed by atoms with E-state index in [2.05, 4.69) is 11.8 Å². The highest BCUT2D eigenvalue weighted by atomic mass is 16.7. The van der Waals surface area contributed by atoms with Crippen molar-refractivity contribution in [1.29, 1.82) is 0 Å². The first-order valence-corrected chi connectivity index (χ1v) is 10.1. The number of piperidine rings is 1. The third-order valence-corrected chi connectivity index (χ3v) is 5.75. The van der Waals surface area contributed by atoms with Gasteiger partial charge in [0.1, 0.15) is 0 Å². The zero-order valence-electron chi connectivity index (χ0n) is 17.2. The molecule has 2 heterocycles. The summed E-state index contributed by atoms with van der Waals surface area (Å²) in [7, 11) is 1.70. The highest BCUT2D eigenvalue weighted by Crippen LogP contribution is 2.33. The number of nitro groups is 1. The van der Waals surface area contributed by atoms with Gasteiger partial charge in [0.25, 0.3) is 11.6 Å². The first-order chi connectivity index (χ1) is 14.4. The molecule has 0 aromatic heterocycles. The summed E-state index contributed by atoms with van der Waals surface area (Å²) in [6, 6.07) is 10.1. The Labute approximate surface area is 175 Å². The van der Waals surface area contributed by atoms with Crippen LogP contribution in [0.3, 0.4) is 0 Å². The van der Waals surface area contributed by atoms with E-state index in [1.165, 1.54) is 12.1 Å². The second-order valence-electron chi connectivity index (χ2n) is 7.98. The van der Waals surface area contributed by atoms with Crippen LogP contribution in [0.15, 0.2) is 36.4 Å². The van der Waals surface area contributed by atoms with Crippen LogP contribution in [0, 0.1) is 16.0 Å². The molecule has 1 amide bonds. The maximum Gasteiger partial charge on any atom is 0.270 e. The van der Waals surface area contributed by atoms with Crippen molar-refractivity contribution < 1.29 is 19.2 Å². The van der Waals surface area contributed by atoms with Crippen molar-refractivity contribution in [2.75, 3.05) is 31.8 Å². The standard InChI is InChI=1S/C22H25N3O5/c1-15-7-9-24(10-8-15)19-5-4-17(25(27)28)12-18(19)22(26)23(2)13-16-3-6-20-21(11-16)30-14-29-20/h3-6,11-12,15H,7-10,13-14H2,1-2H3. The Hall–Kier alpha value is -3.29. The number of fused-ring (bicyclic) bond motifs is 1. The fourth-order valence-electron chi connectivity index (χ4n) is 3.92. The Morgan fingerprint density at radius 1 is 1.17 bits per heavy atom. The van der Waals surface area contributed by atoms with Gasteiger partial charge < -0.3 is 19.3 Å². The van der Waals surface area contributed by atoms with Crippen LogP contribution >= 0.6 is 0 Å². The molecule has 0 atom stereocenters. The number of carbonyl (C=O) groups excluding carboxylic acids is 1. The van der Waals surface area contributed by atoms with Crippen molar-refractivity contribution >= 4 is 17.3 Å². The van der Waals surface area contributed by atoms with E-state index in [1.54, 1.807) is 18.0 Å². The van der Waals surface area contributed by atoms with Gasteiger partial charge in [0.15, 0.2) is 11.5 Å². The lowest BCUT2D eigenvalue weighted by Crippen LogP contribution is -2.35. The molecule has 2 aliphatic rings. The predicted octanol–water partition coefficient (Wildman–Crippen LogP) is 3.83. The molecule has 1 fully saturated rings. The number of ether oxygens (including phenoxy) is 2. The molecular formula is C22H25N3O5. The van der Waals surface area contributed by atoms with Crippen molar-refractivity contribution in [3.8, 4) is 11.5 Å². The van der Waals surface area contributed by atoms with Crippen LogP contribution in [0.5, 0.6) is 11.5 Å². The van der Waals surface area contributed by atoms with E-state index in [0.29, 0.717) is 29.5 Å². The van der Waals surface area contributed by atoms with Crippen LogP contribution in [-0.2, 0) is 6.54 Å². The summed E-state index contributed by atoms with van der Waals surface area (Å²) in [5.74, 6) is 1.75. The second-order valence-corrected chi connectivity index (χ2v) is 7.98. The maximum atomic E-state index is 13.3. The van der Waals surface area contributed by atoms with Gasteiger partial charge in [-0.05, 0) is 42.5 Å². The number of benzene rings is 2. The third-order valence-electron chi connectivity index (χ3n) is 5.75. The van der Waals surface area contributed by atoms with Crippen LogP contribution in [0.25, 0.3) is 0 Å². The number of amides is 1. The largest absolute Gasteiger partial charge is 0.454 e. The molecule has 0 spiro atoms. The van der Waals surface area contributed by atoms with Crippen LogP contribution in [0.2, 0.25) is 0 Å². The Morgan fingerprint density at radius 3 is 2.63 bits per heavy atom. The number of nitrogens with zero attached hydrogens (tertiary/aromatic N) is 3. The Kier molecular flexibility index (Phi) is 5.48. The van der Waals surface area contributed by atoms with Gasteiger partial charge in [-0.1, -0.05) is 13.0 Å². The quantitative estimate of drug-likeness (QED) is 0.549. The Morgan fingerprint density at radius 2 is 1.90 bits per heavy atom. The number of carbonyl (C=O) groups is 1. The number of anilines is 1. The smallest absolute Gasteiger partial charge is 0.270 e. The highest BCUT2D eigenvalue weighted by molar-refractivity contribution is 6.00. The Bertz CT molecular complexity index is 969. The molecule has 8 nitrogen and oxygen atoms in total. The van der Waals surface area contributed by atoms with Gasteiger partial charge in [0, 0.05) is 38.8 Å².